The molecule has 4 nitrogen and oxygen atoms in total. The summed E-state index contributed by atoms with van der Waals surface area (Å²) in [5, 5.41) is 12.3. The Morgan fingerprint density at radius 1 is 1.47 bits per heavy atom. The van der Waals surface area contributed by atoms with Gasteiger partial charge in [0.25, 0.3) is 5.91 Å². The highest BCUT2D eigenvalue weighted by molar-refractivity contribution is 5.81. The van der Waals surface area contributed by atoms with Crippen LogP contribution in [0.1, 0.15) is 47.0 Å². The molecule has 0 aromatic carbocycles. The molecule has 2 atom stereocenters. The second-order valence-corrected chi connectivity index (χ2v) is 4.99. The number of nitrogens with two attached hydrogens (primary N) is 1. The highest BCUT2D eigenvalue weighted by Crippen LogP contribution is 2.05. The number of hydrogen-bond donors (Lipinski definition) is 3. The maximum atomic E-state index is 11.5. The molecule has 0 heterocycles. The van der Waals surface area contributed by atoms with Crippen molar-refractivity contribution < 1.29 is 9.90 Å². The van der Waals surface area contributed by atoms with E-state index in [1.165, 1.54) is 0 Å². The van der Waals surface area contributed by atoms with Crippen molar-refractivity contribution in [3.63, 3.8) is 0 Å². The molecule has 4 heteroatoms. The van der Waals surface area contributed by atoms with Gasteiger partial charge < -0.3 is 16.2 Å². The van der Waals surface area contributed by atoms with Gasteiger partial charge in [0.15, 0.2) is 0 Å². The highest BCUT2D eigenvalue weighted by atomic mass is 16.3. The highest BCUT2D eigenvalue weighted by Gasteiger charge is 2.25. The fourth-order valence-electron chi connectivity index (χ4n) is 1.24. The second-order valence-electron chi connectivity index (χ2n) is 4.99. The number of nitrogens with one attached hydrogen (secondary N) is 1. The third-order valence-electron chi connectivity index (χ3n) is 2.06. The number of carbonyl (C=O) groups excluding carboxylic acids is 1. The molecule has 0 aliphatic heterocycles. The molecular formula is C11H24N2O2. The monoisotopic (exact) mass is 216 g/mol. The van der Waals surface area contributed by atoms with E-state index in [1.807, 2.05) is 27.7 Å². The lowest BCUT2D eigenvalue weighted by Crippen LogP contribution is -2.51. The summed E-state index contributed by atoms with van der Waals surface area (Å²) in [4.78, 5) is 11.5. The molecule has 0 rings (SSSR count). The van der Waals surface area contributed by atoms with E-state index < -0.39 is 12.1 Å². The van der Waals surface area contributed by atoms with Crippen LogP contribution >= 0.6 is 0 Å². The van der Waals surface area contributed by atoms with E-state index in [4.69, 9.17) is 5.73 Å². The van der Waals surface area contributed by atoms with Crippen LogP contribution in [-0.2, 0) is 4.79 Å². The molecule has 0 fully saturated rings. The lowest BCUT2D eigenvalue weighted by molar-refractivity contribution is -0.131. The van der Waals surface area contributed by atoms with Crippen molar-refractivity contribution in [3.05, 3.63) is 0 Å². The summed E-state index contributed by atoms with van der Waals surface area (Å²) in [6, 6.07) is -0.465. The summed E-state index contributed by atoms with van der Waals surface area (Å²) >= 11 is 0. The summed E-state index contributed by atoms with van der Waals surface area (Å²) in [6.07, 6.45) is 1.52. The predicted octanol–water partition coefficient (Wildman–Crippen LogP) is 0.779. The van der Waals surface area contributed by atoms with E-state index in [1.54, 1.807) is 0 Å². The van der Waals surface area contributed by atoms with Gasteiger partial charge >= 0.3 is 0 Å². The Hall–Kier alpha value is -0.610. The number of aliphatic hydroxyl groups excluding tert-OH is 1. The van der Waals surface area contributed by atoms with E-state index in [0.717, 1.165) is 12.8 Å². The SMILES string of the molecule is CCCC[C@H](N)C(O)C(=O)NC(C)(C)C. The van der Waals surface area contributed by atoms with Gasteiger partial charge in [-0.05, 0) is 27.2 Å². The summed E-state index contributed by atoms with van der Waals surface area (Å²) < 4.78 is 0. The zero-order chi connectivity index (χ0) is 12.1. The molecule has 1 unspecified atom stereocenters. The van der Waals surface area contributed by atoms with Crippen LogP contribution in [0.15, 0.2) is 0 Å². The number of carbonyl (C=O) groups is 1. The average Bonchev–Trinajstić information content (AvgIpc) is 2.10. The zero-order valence-electron chi connectivity index (χ0n) is 10.2. The Balaban J connectivity index is 4.08. The molecule has 0 saturated heterocycles. The van der Waals surface area contributed by atoms with E-state index in [2.05, 4.69) is 5.32 Å². The topological polar surface area (TPSA) is 75.3 Å². The van der Waals surface area contributed by atoms with Gasteiger partial charge in [0.05, 0.1) is 0 Å². The first-order valence-electron chi connectivity index (χ1n) is 5.53. The molecule has 15 heavy (non-hydrogen) atoms. The van der Waals surface area contributed by atoms with Crippen LogP contribution in [0.5, 0.6) is 0 Å². The Bertz CT molecular complexity index is 199. The van der Waals surface area contributed by atoms with E-state index in [9.17, 15) is 9.90 Å². The minimum Gasteiger partial charge on any atom is -0.382 e. The third-order valence-corrected chi connectivity index (χ3v) is 2.06. The number of unbranched alkanes of at least 4 members (excludes halogenated alkanes) is 1. The molecular weight excluding hydrogens is 192 g/mol. The fraction of sp³-hybridized carbons (Fsp3) is 0.909. The Kier molecular flexibility index (Phi) is 5.83. The van der Waals surface area contributed by atoms with Gasteiger partial charge in [-0.15, -0.1) is 0 Å². The largest absolute Gasteiger partial charge is 0.382 e. The first-order chi connectivity index (χ1) is 6.78. The molecule has 0 aliphatic rings. The normalized spacial score (nSPS) is 15.9. The fourth-order valence-corrected chi connectivity index (χ4v) is 1.24. The molecule has 0 aliphatic carbocycles. The molecule has 0 saturated carbocycles. The molecule has 0 bridgehead atoms. The number of aliphatic hydroxyl groups is 1. The van der Waals surface area contributed by atoms with Crippen LogP contribution in [0.2, 0.25) is 0 Å². The molecule has 0 spiro atoms. The zero-order valence-corrected chi connectivity index (χ0v) is 10.2. The first kappa shape index (κ1) is 14.4. The van der Waals surface area contributed by atoms with Crippen LogP contribution in [-0.4, -0.2) is 28.7 Å². The van der Waals surface area contributed by atoms with Gasteiger partial charge in [-0.25, -0.2) is 0 Å². The van der Waals surface area contributed by atoms with Gasteiger partial charge in [-0.3, -0.25) is 4.79 Å². The van der Waals surface area contributed by atoms with Crippen molar-refractivity contribution in [1.29, 1.82) is 0 Å². The van der Waals surface area contributed by atoms with Gasteiger partial charge in [-0.1, -0.05) is 19.8 Å². The summed E-state index contributed by atoms with van der Waals surface area (Å²) in [5.74, 6) is -0.383. The summed E-state index contributed by atoms with van der Waals surface area (Å²) in [7, 11) is 0. The lowest BCUT2D eigenvalue weighted by Gasteiger charge is -2.25. The third kappa shape index (κ3) is 6.47. The van der Waals surface area contributed by atoms with Crippen LogP contribution in [0.4, 0.5) is 0 Å². The first-order valence-corrected chi connectivity index (χ1v) is 5.53. The van der Waals surface area contributed by atoms with Crippen molar-refractivity contribution in [2.24, 2.45) is 5.73 Å². The predicted molar refractivity (Wildman–Crippen MR) is 61.4 cm³/mol. The molecule has 0 aromatic heterocycles. The maximum absolute atomic E-state index is 11.5. The van der Waals surface area contributed by atoms with Crippen LogP contribution < -0.4 is 11.1 Å². The van der Waals surface area contributed by atoms with Crippen molar-refractivity contribution in [1.82, 2.24) is 5.32 Å². The van der Waals surface area contributed by atoms with Gasteiger partial charge in [0, 0.05) is 11.6 Å². The minimum atomic E-state index is -1.10. The quantitative estimate of drug-likeness (QED) is 0.635. The average molecular weight is 216 g/mol. The van der Waals surface area contributed by atoms with Crippen LogP contribution in [0.25, 0.3) is 0 Å². The van der Waals surface area contributed by atoms with Crippen molar-refractivity contribution in [3.8, 4) is 0 Å². The molecule has 1 amide bonds. The molecule has 4 N–H and O–H groups in total. The van der Waals surface area contributed by atoms with E-state index >= 15 is 0 Å². The summed E-state index contributed by atoms with van der Waals surface area (Å²) in [6.45, 7) is 7.66. The second kappa shape index (κ2) is 6.08. The van der Waals surface area contributed by atoms with Gasteiger partial charge in [0.1, 0.15) is 6.10 Å². The summed E-state index contributed by atoms with van der Waals surface area (Å²) in [5.41, 5.74) is 5.38. The van der Waals surface area contributed by atoms with E-state index in [-0.39, 0.29) is 11.4 Å². The van der Waals surface area contributed by atoms with E-state index in [0.29, 0.717) is 6.42 Å². The minimum absolute atomic E-state index is 0.331. The number of hydrogen-bond acceptors (Lipinski definition) is 3. The van der Waals surface area contributed by atoms with Crippen molar-refractivity contribution in [2.75, 3.05) is 0 Å². The molecule has 0 radical (unpaired) electrons. The Morgan fingerprint density at radius 3 is 2.40 bits per heavy atom. The van der Waals surface area contributed by atoms with Crippen molar-refractivity contribution >= 4 is 5.91 Å². The van der Waals surface area contributed by atoms with Gasteiger partial charge in [0.2, 0.25) is 0 Å². The lowest BCUT2D eigenvalue weighted by atomic mass is 10.0. The Morgan fingerprint density at radius 2 is 2.00 bits per heavy atom. The van der Waals surface area contributed by atoms with Crippen molar-refractivity contribution in [2.45, 2.75) is 64.6 Å². The smallest absolute Gasteiger partial charge is 0.250 e. The van der Waals surface area contributed by atoms with Gasteiger partial charge in [-0.2, -0.15) is 0 Å². The number of rotatable bonds is 5. The molecule has 0 aromatic rings. The van der Waals surface area contributed by atoms with Crippen LogP contribution in [0.3, 0.4) is 0 Å². The standard InChI is InChI=1S/C11H24N2O2/c1-5-6-7-8(12)9(14)10(15)13-11(2,3)4/h8-9,14H,5-7,12H2,1-4H3,(H,13,15)/t8-,9?/m0/s1. The van der Waals surface area contributed by atoms with Crippen LogP contribution in [0, 0.1) is 0 Å². The number of amides is 1. The maximum Gasteiger partial charge on any atom is 0.250 e. The molecule has 90 valence electrons. The Labute approximate surface area is 92.2 Å².